The number of hydrogen-bond donors (Lipinski definition) is 0. The first-order valence-electron chi connectivity index (χ1n) is 12.1. The Morgan fingerprint density at radius 1 is 1.03 bits per heavy atom. The molecule has 182 valence electrons. The first kappa shape index (κ1) is 23.7. The van der Waals surface area contributed by atoms with E-state index in [-0.39, 0.29) is 11.8 Å². The van der Waals surface area contributed by atoms with Crippen molar-refractivity contribution in [2.75, 3.05) is 40.8 Å². The highest BCUT2D eigenvalue weighted by atomic mass is 32.1. The van der Waals surface area contributed by atoms with Crippen LogP contribution < -0.4 is 0 Å². The molecule has 35 heavy (non-hydrogen) atoms. The van der Waals surface area contributed by atoms with Gasteiger partial charge in [0.1, 0.15) is 11.4 Å². The van der Waals surface area contributed by atoms with Crippen LogP contribution in [0.15, 0.2) is 47.5 Å². The van der Waals surface area contributed by atoms with Crippen LogP contribution in [-0.2, 0) is 9.59 Å². The number of rotatable bonds is 4. The Balaban J connectivity index is 1.37. The number of likely N-dealkylation sites (tertiary alicyclic amines) is 1. The molecule has 2 amide bonds. The zero-order valence-corrected chi connectivity index (χ0v) is 21.9. The summed E-state index contributed by atoms with van der Waals surface area (Å²) in [5.41, 5.74) is 3.87. The summed E-state index contributed by atoms with van der Waals surface area (Å²) in [7, 11) is 5.59. The number of benzene rings is 2. The summed E-state index contributed by atoms with van der Waals surface area (Å²) in [6, 6.07) is 15.0. The van der Waals surface area contributed by atoms with Gasteiger partial charge in [0.2, 0.25) is 5.91 Å². The molecule has 2 aromatic carbocycles. The highest BCUT2D eigenvalue weighted by molar-refractivity contribution is 7.19. The summed E-state index contributed by atoms with van der Waals surface area (Å²) in [5, 5.41) is 1.32. The van der Waals surface area contributed by atoms with Gasteiger partial charge in [-0.15, -0.1) is 11.3 Å². The highest BCUT2D eigenvalue weighted by Crippen LogP contribution is 2.36. The van der Waals surface area contributed by atoms with E-state index in [2.05, 4.69) is 56.3 Å². The van der Waals surface area contributed by atoms with Gasteiger partial charge < -0.3 is 9.80 Å². The Hall–Kier alpha value is -3.03. The van der Waals surface area contributed by atoms with E-state index in [0.717, 1.165) is 17.0 Å². The zero-order valence-electron chi connectivity index (χ0n) is 21.1. The molecule has 5 rings (SSSR count). The van der Waals surface area contributed by atoms with Crippen LogP contribution in [0.3, 0.4) is 0 Å². The second kappa shape index (κ2) is 8.88. The molecular weight excluding hydrogens is 456 g/mol. The van der Waals surface area contributed by atoms with Crippen LogP contribution in [0.4, 0.5) is 0 Å². The predicted octanol–water partition coefficient (Wildman–Crippen LogP) is 4.33. The number of carbonyl (C=O) groups excluding carboxylic acids is 2. The van der Waals surface area contributed by atoms with E-state index in [9.17, 15) is 9.59 Å². The van der Waals surface area contributed by atoms with Crippen molar-refractivity contribution in [3.8, 4) is 11.1 Å². The quantitative estimate of drug-likeness (QED) is 0.549. The monoisotopic (exact) mass is 488 g/mol. The van der Waals surface area contributed by atoms with Gasteiger partial charge in [0.15, 0.2) is 0 Å². The fourth-order valence-corrected chi connectivity index (χ4v) is 6.20. The molecule has 2 aliphatic heterocycles. The van der Waals surface area contributed by atoms with Crippen molar-refractivity contribution in [1.29, 1.82) is 0 Å². The number of amides is 2. The molecule has 1 spiro atoms. The third kappa shape index (κ3) is 4.17. The number of nitrogens with zero attached hydrogens (tertiary/aromatic N) is 4. The Morgan fingerprint density at radius 3 is 2.31 bits per heavy atom. The SMILES string of the molecule is Cc1sc2ccc(-c3ccc(C4=NC5(CCN(C(=O)CN(C)C)CC5)C(=O)N4C)cc3)cc2c1C. The normalized spacial score (nSPS) is 17.7. The molecule has 0 bridgehead atoms. The van der Waals surface area contributed by atoms with Crippen LogP contribution in [0, 0.1) is 13.8 Å². The lowest BCUT2D eigenvalue weighted by Gasteiger charge is -2.36. The summed E-state index contributed by atoms with van der Waals surface area (Å²) in [5.74, 6) is 0.855. The van der Waals surface area contributed by atoms with Crippen molar-refractivity contribution in [2.24, 2.45) is 4.99 Å². The molecular formula is C28H32N4O2S. The average Bonchev–Trinajstić information content (AvgIpc) is 3.26. The molecule has 1 saturated heterocycles. The molecule has 1 aromatic heterocycles. The lowest BCUT2D eigenvalue weighted by Crippen LogP contribution is -2.52. The molecule has 7 heteroatoms. The molecule has 0 N–H and O–H groups in total. The van der Waals surface area contributed by atoms with Crippen molar-refractivity contribution in [3.05, 3.63) is 58.5 Å². The maximum Gasteiger partial charge on any atom is 0.256 e. The maximum absolute atomic E-state index is 13.3. The number of likely N-dealkylation sites (N-methyl/N-ethyl adjacent to an activating group) is 2. The topological polar surface area (TPSA) is 56.2 Å². The van der Waals surface area contributed by atoms with Crippen LogP contribution in [-0.4, -0.2) is 78.7 Å². The van der Waals surface area contributed by atoms with E-state index in [1.807, 2.05) is 42.3 Å². The average molecular weight is 489 g/mol. The van der Waals surface area contributed by atoms with Gasteiger partial charge in [-0.3, -0.25) is 19.5 Å². The molecule has 6 nitrogen and oxygen atoms in total. The van der Waals surface area contributed by atoms with E-state index >= 15 is 0 Å². The second-order valence-corrected chi connectivity index (χ2v) is 11.3. The molecule has 3 aromatic rings. The number of aliphatic imine (C=N–C) groups is 1. The first-order valence-corrected chi connectivity index (χ1v) is 12.9. The van der Waals surface area contributed by atoms with Crippen LogP contribution in [0.1, 0.15) is 28.8 Å². The Labute approximate surface area is 210 Å². The van der Waals surface area contributed by atoms with Crippen LogP contribution >= 0.6 is 11.3 Å². The first-order chi connectivity index (χ1) is 16.7. The molecule has 0 atom stereocenters. The molecule has 0 aliphatic carbocycles. The molecule has 2 aliphatic rings. The summed E-state index contributed by atoms with van der Waals surface area (Å²) in [6.45, 7) is 5.87. The minimum absolute atomic E-state index is 0.0324. The fourth-order valence-electron chi connectivity index (χ4n) is 5.15. The molecule has 1 fully saturated rings. The number of piperidine rings is 1. The number of carbonyl (C=O) groups is 2. The number of amidine groups is 1. The summed E-state index contributed by atoms with van der Waals surface area (Å²) in [6.07, 6.45) is 1.13. The lowest BCUT2D eigenvalue weighted by molar-refractivity contribution is -0.138. The number of hydrogen-bond acceptors (Lipinski definition) is 5. The minimum atomic E-state index is -0.753. The minimum Gasteiger partial charge on any atom is -0.341 e. The van der Waals surface area contributed by atoms with Gasteiger partial charge in [-0.1, -0.05) is 30.3 Å². The van der Waals surface area contributed by atoms with Crippen molar-refractivity contribution >= 4 is 39.1 Å². The van der Waals surface area contributed by atoms with Gasteiger partial charge in [0, 0.05) is 35.3 Å². The summed E-state index contributed by atoms with van der Waals surface area (Å²) in [4.78, 5) is 37.5. The van der Waals surface area contributed by atoms with E-state index < -0.39 is 5.54 Å². The van der Waals surface area contributed by atoms with Gasteiger partial charge in [-0.05, 0) is 75.0 Å². The Kier molecular flexibility index (Phi) is 6.01. The number of fused-ring (bicyclic) bond motifs is 1. The van der Waals surface area contributed by atoms with E-state index in [1.54, 1.807) is 4.90 Å². The van der Waals surface area contributed by atoms with E-state index in [4.69, 9.17) is 4.99 Å². The molecule has 0 saturated carbocycles. The fraction of sp³-hybridized carbons (Fsp3) is 0.393. The van der Waals surface area contributed by atoms with Gasteiger partial charge >= 0.3 is 0 Å². The van der Waals surface area contributed by atoms with Crippen molar-refractivity contribution in [2.45, 2.75) is 32.2 Å². The lowest BCUT2D eigenvalue weighted by atomic mass is 9.87. The van der Waals surface area contributed by atoms with Crippen LogP contribution in [0.25, 0.3) is 21.2 Å². The van der Waals surface area contributed by atoms with E-state index in [1.165, 1.54) is 26.1 Å². The van der Waals surface area contributed by atoms with Gasteiger partial charge in [0.05, 0.1) is 6.54 Å². The van der Waals surface area contributed by atoms with Crippen molar-refractivity contribution in [3.63, 3.8) is 0 Å². The smallest absolute Gasteiger partial charge is 0.256 e. The highest BCUT2D eigenvalue weighted by Gasteiger charge is 2.49. The predicted molar refractivity (Wildman–Crippen MR) is 143 cm³/mol. The van der Waals surface area contributed by atoms with Gasteiger partial charge in [0.25, 0.3) is 5.91 Å². The molecule has 0 unspecified atom stereocenters. The zero-order chi connectivity index (χ0) is 24.9. The summed E-state index contributed by atoms with van der Waals surface area (Å²) < 4.78 is 1.32. The van der Waals surface area contributed by atoms with Crippen LogP contribution in [0.2, 0.25) is 0 Å². The molecule has 3 heterocycles. The largest absolute Gasteiger partial charge is 0.341 e. The number of aryl methyl sites for hydroxylation is 2. The van der Waals surface area contributed by atoms with Gasteiger partial charge in [-0.25, -0.2) is 0 Å². The Morgan fingerprint density at radius 2 is 1.66 bits per heavy atom. The second-order valence-electron chi connectivity index (χ2n) is 10.0. The standard InChI is InChI=1S/C28H32N4O2S/c1-18-19(2)35-24-11-10-22(16-23(18)24)20-6-8-21(9-7-20)26-29-28(27(34)31(26)5)12-14-32(15-13-28)25(33)17-30(3)4/h6-11,16H,12-15,17H2,1-5H3. The van der Waals surface area contributed by atoms with Gasteiger partial charge in [-0.2, -0.15) is 0 Å². The maximum atomic E-state index is 13.3. The summed E-state index contributed by atoms with van der Waals surface area (Å²) >= 11 is 1.84. The third-order valence-corrected chi connectivity index (χ3v) is 8.57. The van der Waals surface area contributed by atoms with Crippen molar-refractivity contribution < 1.29 is 9.59 Å². The van der Waals surface area contributed by atoms with E-state index in [0.29, 0.717) is 32.5 Å². The third-order valence-electron chi connectivity index (χ3n) is 7.39. The molecule has 0 radical (unpaired) electrons. The van der Waals surface area contributed by atoms with Crippen LogP contribution in [0.5, 0.6) is 0 Å². The van der Waals surface area contributed by atoms with Crippen molar-refractivity contribution in [1.82, 2.24) is 14.7 Å². The number of thiophene rings is 1. The Bertz CT molecular complexity index is 1330.